The van der Waals surface area contributed by atoms with Gasteiger partial charge in [0.25, 0.3) is 5.91 Å². The van der Waals surface area contributed by atoms with Gasteiger partial charge in [-0.25, -0.2) is 9.97 Å². The van der Waals surface area contributed by atoms with Crippen molar-refractivity contribution in [3.63, 3.8) is 0 Å². The maximum Gasteiger partial charge on any atom is 0.257 e. The molecular weight excluding hydrogens is 418 g/mol. The van der Waals surface area contributed by atoms with E-state index in [1.807, 2.05) is 62.0 Å². The molecule has 33 heavy (non-hydrogen) atoms. The molecule has 1 amide bonds. The topological polar surface area (TPSA) is 115 Å². The summed E-state index contributed by atoms with van der Waals surface area (Å²) in [5.41, 5.74) is 11.9. The number of hydrogen-bond donors (Lipinski definition) is 3. The fourth-order valence-corrected chi connectivity index (χ4v) is 4.47. The average molecular weight is 444 g/mol. The number of para-hydroxylation sites is 1. The molecule has 5 rings (SSSR count). The monoisotopic (exact) mass is 443 g/mol. The largest absolute Gasteiger partial charge is 0.493 e. The number of carbonyl (C=O) groups excluding carboxylic acids is 1. The number of aryl methyl sites for hydroxylation is 3. The lowest BCUT2D eigenvalue weighted by Gasteiger charge is -2.15. The molecule has 168 valence electrons. The van der Waals surface area contributed by atoms with Crippen molar-refractivity contribution in [1.29, 1.82) is 0 Å². The van der Waals surface area contributed by atoms with E-state index in [0.29, 0.717) is 35.2 Å². The Hall–Kier alpha value is -3.91. The van der Waals surface area contributed by atoms with Crippen LogP contribution in [0.3, 0.4) is 0 Å². The molecule has 0 fully saturated rings. The van der Waals surface area contributed by atoms with Crippen LogP contribution in [0.5, 0.6) is 5.75 Å². The highest BCUT2D eigenvalue weighted by Gasteiger charge is 2.26. The van der Waals surface area contributed by atoms with Crippen molar-refractivity contribution in [2.45, 2.75) is 26.4 Å². The van der Waals surface area contributed by atoms with Crippen molar-refractivity contribution in [2.75, 3.05) is 17.7 Å². The summed E-state index contributed by atoms with van der Waals surface area (Å²) in [4.78, 5) is 21.6. The van der Waals surface area contributed by atoms with Gasteiger partial charge in [0.15, 0.2) is 6.10 Å². The summed E-state index contributed by atoms with van der Waals surface area (Å²) in [5.74, 6) is 1.16. The number of fused-ring (bicyclic) bond motifs is 2. The van der Waals surface area contributed by atoms with Gasteiger partial charge in [-0.1, -0.05) is 24.3 Å². The Labute approximate surface area is 191 Å². The molecule has 0 spiro atoms. The highest BCUT2D eigenvalue weighted by atomic mass is 16.5. The van der Waals surface area contributed by atoms with E-state index in [-0.39, 0.29) is 0 Å². The van der Waals surface area contributed by atoms with Crippen LogP contribution in [-0.4, -0.2) is 32.2 Å². The van der Waals surface area contributed by atoms with Crippen LogP contribution < -0.4 is 15.8 Å². The maximum absolute atomic E-state index is 12.8. The number of carbonyl (C=O) groups is 1. The second kappa shape index (κ2) is 7.90. The summed E-state index contributed by atoms with van der Waals surface area (Å²) in [6.45, 7) is 4.34. The predicted molar refractivity (Wildman–Crippen MR) is 127 cm³/mol. The van der Waals surface area contributed by atoms with Crippen LogP contribution in [0.1, 0.15) is 28.6 Å². The van der Waals surface area contributed by atoms with E-state index in [4.69, 9.17) is 10.5 Å². The normalized spacial score (nSPS) is 13.6. The number of nitrogens with two attached hydrogens (primary N) is 1. The Morgan fingerprint density at radius 2 is 2.03 bits per heavy atom. The number of anilines is 2. The molecule has 0 saturated carbocycles. The summed E-state index contributed by atoms with van der Waals surface area (Å²) in [7, 11) is 1.92. The molecule has 1 aliphatic rings. The zero-order valence-electron chi connectivity index (χ0n) is 18.7. The number of benzene rings is 2. The third-order valence-corrected chi connectivity index (χ3v) is 6.03. The molecule has 8 nitrogen and oxygen atoms in total. The van der Waals surface area contributed by atoms with E-state index in [0.717, 1.165) is 39.7 Å². The van der Waals surface area contributed by atoms with Crippen molar-refractivity contribution in [2.24, 2.45) is 7.05 Å². The van der Waals surface area contributed by atoms with Gasteiger partial charge in [-0.2, -0.15) is 0 Å². The van der Waals surface area contributed by atoms with Crippen molar-refractivity contribution >= 4 is 28.4 Å². The van der Waals surface area contributed by atoms with Crippen LogP contribution in [0.2, 0.25) is 0 Å². The molecule has 1 atom stereocenters. The fraction of sp³-hybridized carbons (Fsp3) is 0.240. The van der Waals surface area contributed by atoms with Gasteiger partial charge >= 0.3 is 0 Å². The van der Waals surface area contributed by atoms with Gasteiger partial charge in [-0.05, 0) is 42.7 Å². The van der Waals surface area contributed by atoms with Crippen molar-refractivity contribution in [3.8, 4) is 16.9 Å². The van der Waals surface area contributed by atoms with E-state index >= 15 is 0 Å². The Morgan fingerprint density at radius 3 is 2.82 bits per heavy atom. The second-order valence-electron chi connectivity index (χ2n) is 8.36. The lowest BCUT2D eigenvalue weighted by molar-refractivity contribution is -0.124. The molecule has 2 aromatic heterocycles. The van der Waals surface area contributed by atoms with Crippen molar-refractivity contribution in [3.05, 3.63) is 65.1 Å². The van der Waals surface area contributed by atoms with Crippen LogP contribution in [0.25, 0.3) is 22.2 Å². The number of aliphatic hydroxyl groups is 1. The lowest BCUT2D eigenvalue weighted by atomic mass is 9.99. The summed E-state index contributed by atoms with van der Waals surface area (Å²) in [5, 5.41) is 14.3. The molecule has 4 aromatic rings. The van der Waals surface area contributed by atoms with Gasteiger partial charge in [-0.15, -0.1) is 0 Å². The predicted octanol–water partition coefficient (Wildman–Crippen LogP) is 3.44. The smallest absolute Gasteiger partial charge is 0.257 e. The minimum Gasteiger partial charge on any atom is -0.493 e. The van der Waals surface area contributed by atoms with Crippen molar-refractivity contribution in [1.82, 2.24) is 14.5 Å². The number of aliphatic hydroxyl groups excluding tert-OH is 1. The molecule has 0 bridgehead atoms. The first-order valence-electron chi connectivity index (χ1n) is 10.8. The zero-order valence-corrected chi connectivity index (χ0v) is 18.7. The van der Waals surface area contributed by atoms with E-state index < -0.39 is 12.0 Å². The van der Waals surface area contributed by atoms with Gasteiger partial charge in [0.1, 0.15) is 23.0 Å². The SMILES string of the molecule is Cc1nc(N)c2c(-c3ccc(NC(=O)C(O)c4cccc5c4OCC5)cc3C)cn(C)c2n1. The first-order chi connectivity index (χ1) is 15.8. The molecule has 2 aromatic carbocycles. The van der Waals surface area contributed by atoms with E-state index in [1.165, 1.54) is 0 Å². The summed E-state index contributed by atoms with van der Waals surface area (Å²) < 4.78 is 7.56. The lowest BCUT2D eigenvalue weighted by Crippen LogP contribution is -2.21. The Bertz CT molecular complexity index is 1410. The summed E-state index contributed by atoms with van der Waals surface area (Å²) in [6.07, 6.45) is 1.44. The molecule has 0 radical (unpaired) electrons. The number of ether oxygens (including phenoxy) is 1. The standard InChI is InChI=1S/C25H25N5O3/c1-13-11-16(29-25(32)21(31)18-6-4-5-15-9-10-33-22(15)18)7-8-17(13)19-12-30(3)24-20(19)23(26)27-14(2)28-24/h4-8,11-12,21,31H,9-10H2,1-3H3,(H,29,32)(H2,26,27,28). The first kappa shape index (κ1) is 21.0. The van der Waals surface area contributed by atoms with Gasteiger partial charge in [0, 0.05) is 36.5 Å². The third kappa shape index (κ3) is 3.58. The van der Waals surface area contributed by atoms with Gasteiger partial charge < -0.3 is 25.5 Å². The highest BCUT2D eigenvalue weighted by molar-refractivity contribution is 6.02. The number of rotatable bonds is 4. The Morgan fingerprint density at radius 1 is 1.21 bits per heavy atom. The Balaban J connectivity index is 1.43. The van der Waals surface area contributed by atoms with Gasteiger partial charge in [0.05, 0.1) is 12.0 Å². The third-order valence-electron chi connectivity index (χ3n) is 6.03. The fourth-order valence-electron chi connectivity index (χ4n) is 4.47. The van der Waals surface area contributed by atoms with E-state index in [2.05, 4.69) is 15.3 Å². The minimum atomic E-state index is -1.32. The van der Waals surface area contributed by atoms with Crippen LogP contribution in [0.4, 0.5) is 11.5 Å². The molecular formula is C25H25N5O3. The zero-order chi connectivity index (χ0) is 23.3. The summed E-state index contributed by atoms with van der Waals surface area (Å²) in [6, 6.07) is 11.1. The quantitative estimate of drug-likeness (QED) is 0.445. The molecule has 0 saturated heterocycles. The number of hydrogen-bond acceptors (Lipinski definition) is 6. The average Bonchev–Trinajstić information content (AvgIpc) is 3.38. The van der Waals surface area contributed by atoms with Gasteiger partial charge in [0.2, 0.25) is 0 Å². The van der Waals surface area contributed by atoms with Crippen LogP contribution in [0, 0.1) is 13.8 Å². The summed E-state index contributed by atoms with van der Waals surface area (Å²) >= 11 is 0. The van der Waals surface area contributed by atoms with Crippen molar-refractivity contribution < 1.29 is 14.6 Å². The van der Waals surface area contributed by atoms with E-state index in [9.17, 15) is 9.90 Å². The Kier molecular flexibility index (Phi) is 5.02. The molecule has 0 aliphatic carbocycles. The number of nitrogens with one attached hydrogen (secondary N) is 1. The van der Waals surface area contributed by atoms with Gasteiger partial charge in [-0.3, -0.25) is 4.79 Å². The van der Waals surface area contributed by atoms with E-state index in [1.54, 1.807) is 6.07 Å². The number of nitrogens with zero attached hydrogens (tertiary/aromatic N) is 3. The number of aromatic nitrogens is 3. The molecule has 8 heteroatoms. The minimum absolute atomic E-state index is 0.436. The van der Waals surface area contributed by atoms with Crippen LogP contribution in [-0.2, 0) is 18.3 Å². The van der Waals surface area contributed by atoms with Crippen LogP contribution in [0.15, 0.2) is 42.6 Å². The molecule has 3 heterocycles. The maximum atomic E-state index is 12.8. The second-order valence-corrected chi connectivity index (χ2v) is 8.36. The number of amides is 1. The first-order valence-corrected chi connectivity index (χ1v) is 10.8. The molecule has 1 aliphatic heterocycles. The molecule has 4 N–H and O–H groups in total. The van der Waals surface area contributed by atoms with Crippen LogP contribution >= 0.6 is 0 Å². The molecule has 1 unspecified atom stereocenters. The number of nitrogen functional groups attached to an aromatic ring is 1. The highest BCUT2D eigenvalue weighted by Crippen LogP contribution is 2.36.